The SMILES string of the molecule is CCO[Si](CC(c1ccccc1)c1ccccc1)(OCC)OCC. The molecule has 0 spiro atoms. The van der Waals surface area contributed by atoms with Crippen molar-refractivity contribution < 1.29 is 13.3 Å². The van der Waals surface area contributed by atoms with Gasteiger partial charge in [-0.3, -0.25) is 0 Å². The van der Waals surface area contributed by atoms with Crippen LogP contribution in [-0.4, -0.2) is 28.6 Å². The molecule has 0 unspecified atom stereocenters. The van der Waals surface area contributed by atoms with Crippen LogP contribution in [0.4, 0.5) is 0 Å². The molecule has 2 rings (SSSR count). The maximum Gasteiger partial charge on any atom is 0.501 e. The highest BCUT2D eigenvalue weighted by Crippen LogP contribution is 2.34. The zero-order chi connectivity index (χ0) is 17.3. The highest BCUT2D eigenvalue weighted by Gasteiger charge is 2.43. The first-order chi connectivity index (χ1) is 11.7. The summed E-state index contributed by atoms with van der Waals surface area (Å²) in [4.78, 5) is 0. The molecule has 0 aliphatic rings. The van der Waals surface area contributed by atoms with Gasteiger partial charge in [-0.1, -0.05) is 60.7 Å². The maximum absolute atomic E-state index is 6.08. The van der Waals surface area contributed by atoms with Crippen LogP contribution < -0.4 is 0 Å². The summed E-state index contributed by atoms with van der Waals surface area (Å²) in [5, 5.41) is 0. The number of benzene rings is 2. The molecular formula is C20H28O3Si. The molecule has 0 aliphatic heterocycles. The van der Waals surface area contributed by atoms with Crippen molar-refractivity contribution in [2.75, 3.05) is 19.8 Å². The van der Waals surface area contributed by atoms with Gasteiger partial charge in [0, 0.05) is 31.8 Å². The molecule has 2 aromatic rings. The lowest BCUT2D eigenvalue weighted by Gasteiger charge is -2.32. The summed E-state index contributed by atoms with van der Waals surface area (Å²) < 4.78 is 18.2. The van der Waals surface area contributed by atoms with Crippen LogP contribution in [0.1, 0.15) is 37.8 Å². The van der Waals surface area contributed by atoms with Gasteiger partial charge in [0.1, 0.15) is 0 Å². The van der Waals surface area contributed by atoms with Crippen molar-refractivity contribution in [3.05, 3.63) is 71.8 Å². The zero-order valence-electron chi connectivity index (χ0n) is 14.9. The van der Waals surface area contributed by atoms with Crippen molar-refractivity contribution in [1.82, 2.24) is 0 Å². The molecule has 0 N–H and O–H groups in total. The Morgan fingerprint density at radius 1 is 0.667 bits per heavy atom. The average molecular weight is 345 g/mol. The molecule has 0 saturated heterocycles. The molecule has 0 heterocycles. The van der Waals surface area contributed by atoms with E-state index in [0.29, 0.717) is 19.8 Å². The maximum atomic E-state index is 6.08. The second kappa shape index (κ2) is 9.74. The van der Waals surface area contributed by atoms with Gasteiger partial charge in [-0.2, -0.15) is 0 Å². The fourth-order valence-corrected chi connectivity index (χ4v) is 5.90. The van der Waals surface area contributed by atoms with Crippen molar-refractivity contribution in [2.24, 2.45) is 0 Å². The van der Waals surface area contributed by atoms with E-state index in [2.05, 4.69) is 48.5 Å². The Labute approximate surface area is 146 Å². The normalized spacial score (nSPS) is 11.8. The van der Waals surface area contributed by atoms with E-state index in [1.165, 1.54) is 11.1 Å². The van der Waals surface area contributed by atoms with Gasteiger partial charge in [-0.05, 0) is 31.9 Å². The molecule has 4 heteroatoms. The quantitative estimate of drug-likeness (QED) is 0.576. The topological polar surface area (TPSA) is 27.7 Å². The smallest absolute Gasteiger partial charge is 0.374 e. The molecule has 0 aliphatic carbocycles. The summed E-state index contributed by atoms with van der Waals surface area (Å²) in [7, 11) is -2.72. The third-order valence-electron chi connectivity index (χ3n) is 3.95. The summed E-state index contributed by atoms with van der Waals surface area (Å²) >= 11 is 0. The van der Waals surface area contributed by atoms with Gasteiger partial charge in [0.05, 0.1) is 0 Å². The van der Waals surface area contributed by atoms with E-state index in [1.54, 1.807) is 0 Å². The summed E-state index contributed by atoms with van der Waals surface area (Å²) in [6, 6.07) is 21.8. The second-order valence-corrected chi connectivity index (χ2v) is 8.20. The minimum absolute atomic E-state index is 0.198. The lowest BCUT2D eigenvalue weighted by Crippen LogP contribution is -2.47. The minimum Gasteiger partial charge on any atom is -0.374 e. The van der Waals surface area contributed by atoms with Crippen LogP contribution >= 0.6 is 0 Å². The van der Waals surface area contributed by atoms with Crippen LogP contribution in [0, 0.1) is 0 Å². The van der Waals surface area contributed by atoms with Gasteiger partial charge in [0.15, 0.2) is 0 Å². The van der Waals surface area contributed by atoms with Gasteiger partial charge in [0.25, 0.3) is 0 Å². The van der Waals surface area contributed by atoms with Gasteiger partial charge < -0.3 is 13.3 Å². The molecule has 130 valence electrons. The number of hydrogen-bond acceptors (Lipinski definition) is 3. The van der Waals surface area contributed by atoms with Crippen molar-refractivity contribution in [1.29, 1.82) is 0 Å². The van der Waals surface area contributed by atoms with Crippen molar-refractivity contribution in [2.45, 2.75) is 32.7 Å². The Kier molecular flexibility index (Phi) is 7.66. The number of hydrogen-bond donors (Lipinski definition) is 0. The van der Waals surface area contributed by atoms with Crippen molar-refractivity contribution in [3.8, 4) is 0 Å². The van der Waals surface area contributed by atoms with E-state index >= 15 is 0 Å². The lowest BCUT2D eigenvalue weighted by molar-refractivity contribution is 0.0703. The molecule has 3 nitrogen and oxygen atoms in total. The van der Waals surface area contributed by atoms with E-state index in [0.717, 1.165) is 6.04 Å². The van der Waals surface area contributed by atoms with Crippen LogP contribution in [0.2, 0.25) is 6.04 Å². The summed E-state index contributed by atoms with van der Waals surface area (Å²) in [5.74, 6) is 0.198. The third kappa shape index (κ3) is 5.01. The Bertz CT molecular complexity index is 517. The van der Waals surface area contributed by atoms with E-state index in [1.807, 2.05) is 32.9 Å². The predicted octanol–water partition coefficient (Wildman–Crippen LogP) is 4.87. The Hall–Kier alpha value is -1.46. The Balaban J connectivity index is 2.38. The molecular weight excluding hydrogens is 316 g/mol. The first-order valence-corrected chi connectivity index (χ1v) is 10.7. The first-order valence-electron chi connectivity index (χ1n) is 8.76. The Morgan fingerprint density at radius 2 is 1.04 bits per heavy atom. The molecule has 0 atom stereocenters. The molecule has 0 fully saturated rings. The van der Waals surface area contributed by atoms with Gasteiger partial charge in [-0.25, -0.2) is 0 Å². The largest absolute Gasteiger partial charge is 0.501 e. The predicted molar refractivity (Wildman–Crippen MR) is 100 cm³/mol. The van der Waals surface area contributed by atoms with Crippen LogP contribution in [0.25, 0.3) is 0 Å². The van der Waals surface area contributed by atoms with Crippen molar-refractivity contribution >= 4 is 8.80 Å². The molecule has 0 aromatic heterocycles. The average Bonchev–Trinajstić information content (AvgIpc) is 2.62. The summed E-state index contributed by atoms with van der Waals surface area (Å²) in [6.07, 6.45) is 0. The molecule has 2 aromatic carbocycles. The molecule has 0 saturated carbocycles. The third-order valence-corrected chi connectivity index (χ3v) is 7.04. The van der Waals surface area contributed by atoms with Crippen LogP contribution in [0.3, 0.4) is 0 Å². The Morgan fingerprint density at radius 3 is 1.38 bits per heavy atom. The van der Waals surface area contributed by atoms with Crippen LogP contribution in [0.5, 0.6) is 0 Å². The van der Waals surface area contributed by atoms with Crippen molar-refractivity contribution in [3.63, 3.8) is 0 Å². The fourth-order valence-electron chi connectivity index (χ4n) is 3.01. The summed E-state index contributed by atoms with van der Waals surface area (Å²) in [6.45, 7) is 7.80. The number of rotatable bonds is 10. The second-order valence-electron chi connectivity index (χ2n) is 5.56. The molecule has 0 radical (unpaired) electrons. The monoisotopic (exact) mass is 344 g/mol. The standard InChI is InChI=1S/C20H28O3Si/c1-4-21-24(22-5-2,23-6-3)17-20(18-13-9-7-10-14-18)19-15-11-8-12-16-19/h7-16,20H,4-6,17H2,1-3H3. The van der Waals surface area contributed by atoms with Crippen LogP contribution in [0.15, 0.2) is 60.7 Å². The van der Waals surface area contributed by atoms with E-state index in [9.17, 15) is 0 Å². The van der Waals surface area contributed by atoms with Gasteiger partial charge >= 0.3 is 8.80 Å². The summed E-state index contributed by atoms with van der Waals surface area (Å²) in [5.41, 5.74) is 2.53. The molecule has 0 amide bonds. The van der Waals surface area contributed by atoms with Gasteiger partial charge in [0.2, 0.25) is 0 Å². The first kappa shape index (κ1) is 18.9. The van der Waals surface area contributed by atoms with E-state index in [-0.39, 0.29) is 5.92 Å². The lowest BCUT2D eigenvalue weighted by atomic mass is 9.93. The fraction of sp³-hybridized carbons (Fsp3) is 0.400. The molecule has 0 bridgehead atoms. The van der Waals surface area contributed by atoms with Gasteiger partial charge in [-0.15, -0.1) is 0 Å². The molecule has 24 heavy (non-hydrogen) atoms. The van der Waals surface area contributed by atoms with E-state index < -0.39 is 8.80 Å². The zero-order valence-corrected chi connectivity index (χ0v) is 15.9. The minimum atomic E-state index is -2.72. The van der Waals surface area contributed by atoms with Crippen LogP contribution in [-0.2, 0) is 13.3 Å². The highest BCUT2D eigenvalue weighted by atomic mass is 28.4. The van der Waals surface area contributed by atoms with E-state index in [4.69, 9.17) is 13.3 Å². The highest BCUT2D eigenvalue weighted by molar-refractivity contribution is 6.61.